The molecule has 1 heterocycles. The summed E-state index contributed by atoms with van der Waals surface area (Å²) in [5.74, 6) is 0. The van der Waals surface area contributed by atoms with Crippen LogP contribution in [-0.4, -0.2) is 4.98 Å². The Morgan fingerprint density at radius 2 is 1.67 bits per heavy atom. The number of aryl methyl sites for hydroxylation is 2. The van der Waals surface area contributed by atoms with Crippen molar-refractivity contribution in [2.45, 2.75) is 13.8 Å². The van der Waals surface area contributed by atoms with Gasteiger partial charge in [0.25, 0.3) is 0 Å². The second-order valence-electron chi connectivity index (χ2n) is 4.68. The Morgan fingerprint density at radius 3 is 2.44 bits per heavy atom. The molecule has 0 aliphatic rings. The molecule has 0 amide bonds. The van der Waals surface area contributed by atoms with Gasteiger partial charge in [-0.2, -0.15) is 0 Å². The fourth-order valence-electron chi connectivity index (χ4n) is 2.35. The Kier molecular flexibility index (Phi) is 2.60. The number of hydrogen-bond acceptors (Lipinski definition) is 1. The van der Waals surface area contributed by atoms with Gasteiger partial charge in [0.2, 0.25) is 0 Å². The molecule has 0 saturated heterocycles. The van der Waals surface area contributed by atoms with Crippen molar-refractivity contribution in [3.8, 4) is 11.1 Å². The number of hydrogen-bond donors (Lipinski definition) is 0. The minimum Gasteiger partial charge on any atom is -0.256 e. The molecule has 18 heavy (non-hydrogen) atoms. The van der Waals surface area contributed by atoms with E-state index in [2.05, 4.69) is 61.3 Å². The summed E-state index contributed by atoms with van der Waals surface area (Å²) in [6.07, 6.45) is 1.97. The van der Waals surface area contributed by atoms with E-state index >= 15 is 0 Å². The van der Waals surface area contributed by atoms with Crippen molar-refractivity contribution in [2.24, 2.45) is 0 Å². The Morgan fingerprint density at radius 1 is 0.889 bits per heavy atom. The van der Waals surface area contributed by atoms with Crippen LogP contribution in [0.15, 0.2) is 54.7 Å². The van der Waals surface area contributed by atoms with Crippen LogP contribution in [0.25, 0.3) is 22.0 Å². The van der Waals surface area contributed by atoms with E-state index in [0.29, 0.717) is 0 Å². The lowest BCUT2D eigenvalue weighted by Gasteiger charge is -2.09. The molecule has 0 bridgehead atoms. The summed E-state index contributed by atoms with van der Waals surface area (Å²) in [5, 5.41) is 1.25. The molecule has 1 nitrogen and oxygen atoms in total. The van der Waals surface area contributed by atoms with Gasteiger partial charge in [-0.25, -0.2) is 0 Å². The van der Waals surface area contributed by atoms with Gasteiger partial charge in [0, 0.05) is 17.1 Å². The molecule has 1 aromatic heterocycles. The van der Waals surface area contributed by atoms with Crippen molar-refractivity contribution in [2.75, 3.05) is 0 Å². The van der Waals surface area contributed by atoms with E-state index in [9.17, 15) is 0 Å². The van der Waals surface area contributed by atoms with Crippen LogP contribution >= 0.6 is 0 Å². The lowest BCUT2D eigenvalue weighted by Crippen LogP contribution is -1.89. The summed E-state index contributed by atoms with van der Waals surface area (Å²) in [6, 6.07) is 16.8. The van der Waals surface area contributed by atoms with Gasteiger partial charge in [-0.1, -0.05) is 42.0 Å². The third-order valence-electron chi connectivity index (χ3n) is 3.38. The first-order chi connectivity index (χ1) is 8.75. The van der Waals surface area contributed by atoms with E-state index in [1.807, 2.05) is 12.3 Å². The maximum absolute atomic E-state index is 4.56. The Bertz CT molecular complexity index is 699. The third-order valence-corrected chi connectivity index (χ3v) is 3.38. The standard InChI is InChI=1S/C17H15N/c1-12-8-9-17-15(10-12)13(2)16(11-18-17)14-6-4-3-5-7-14/h3-11H,1-2H3. The van der Waals surface area contributed by atoms with E-state index in [4.69, 9.17) is 0 Å². The average Bonchev–Trinajstić information content (AvgIpc) is 2.41. The Labute approximate surface area is 107 Å². The van der Waals surface area contributed by atoms with Crippen LogP contribution in [0.3, 0.4) is 0 Å². The molecule has 2 aromatic carbocycles. The Balaban J connectivity index is 2.29. The molecule has 0 N–H and O–H groups in total. The zero-order valence-corrected chi connectivity index (χ0v) is 10.6. The smallest absolute Gasteiger partial charge is 0.0705 e. The number of aromatic nitrogens is 1. The number of benzene rings is 2. The second kappa shape index (κ2) is 4.26. The zero-order chi connectivity index (χ0) is 12.5. The number of rotatable bonds is 1. The molecule has 0 atom stereocenters. The van der Waals surface area contributed by atoms with Crippen LogP contribution < -0.4 is 0 Å². The van der Waals surface area contributed by atoms with E-state index in [-0.39, 0.29) is 0 Å². The number of pyridine rings is 1. The first-order valence-electron chi connectivity index (χ1n) is 6.17. The van der Waals surface area contributed by atoms with Crippen LogP contribution in [0.1, 0.15) is 11.1 Å². The van der Waals surface area contributed by atoms with Gasteiger partial charge in [-0.3, -0.25) is 4.98 Å². The van der Waals surface area contributed by atoms with Gasteiger partial charge in [0.05, 0.1) is 5.52 Å². The van der Waals surface area contributed by atoms with Crippen LogP contribution in [0.5, 0.6) is 0 Å². The molecule has 3 aromatic rings. The minimum absolute atomic E-state index is 1.07. The predicted octanol–water partition coefficient (Wildman–Crippen LogP) is 4.52. The highest BCUT2D eigenvalue weighted by Gasteiger charge is 2.06. The predicted molar refractivity (Wildman–Crippen MR) is 76.7 cm³/mol. The van der Waals surface area contributed by atoms with Gasteiger partial charge < -0.3 is 0 Å². The first-order valence-corrected chi connectivity index (χ1v) is 6.17. The lowest BCUT2D eigenvalue weighted by molar-refractivity contribution is 1.35. The molecular weight excluding hydrogens is 218 g/mol. The van der Waals surface area contributed by atoms with Gasteiger partial charge in [0.15, 0.2) is 0 Å². The monoisotopic (exact) mass is 233 g/mol. The van der Waals surface area contributed by atoms with E-state index < -0.39 is 0 Å². The average molecular weight is 233 g/mol. The van der Waals surface area contributed by atoms with Gasteiger partial charge in [-0.15, -0.1) is 0 Å². The van der Waals surface area contributed by atoms with Gasteiger partial charge in [-0.05, 0) is 37.1 Å². The maximum atomic E-state index is 4.56. The quantitative estimate of drug-likeness (QED) is 0.602. The van der Waals surface area contributed by atoms with E-state index in [1.165, 1.54) is 27.6 Å². The topological polar surface area (TPSA) is 12.9 Å². The van der Waals surface area contributed by atoms with Crippen LogP contribution in [0.4, 0.5) is 0 Å². The number of fused-ring (bicyclic) bond motifs is 1. The fourth-order valence-corrected chi connectivity index (χ4v) is 2.35. The highest BCUT2D eigenvalue weighted by Crippen LogP contribution is 2.28. The highest BCUT2D eigenvalue weighted by atomic mass is 14.7. The molecule has 1 heteroatoms. The molecule has 0 saturated carbocycles. The van der Waals surface area contributed by atoms with Crippen molar-refractivity contribution >= 4 is 10.9 Å². The summed E-state index contributed by atoms with van der Waals surface area (Å²) >= 11 is 0. The molecule has 88 valence electrons. The molecule has 0 fully saturated rings. The third kappa shape index (κ3) is 1.78. The van der Waals surface area contributed by atoms with Crippen molar-refractivity contribution in [1.29, 1.82) is 0 Å². The van der Waals surface area contributed by atoms with Gasteiger partial charge in [0.1, 0.15) is 0 Å². The maximum Gasteiger partial charge on any atom is 0.0705 e. The molecular formula is C17H15N. The summed E-state index contributed by atoms with van der Waals surface area (Å²) < 4.78 is 0. The summed E-state index contributed by atoms with van der Waals surface area (Å²) in [7, 11) is 0. The first kappa shape index (κ1) is 11.0. The summed E-state index contributed by atoms with van der Waals surface area (Å²) in [6.45, 7) is 4.29. The zero-order valence-electron chi connectivity index (χ0n) is 10.6. The SMILES string of the molecule is Cc1ccc2ncc(-c3ccccc3)c(C)c2c1. The minimum atomic E-state index is 1.07. The van der Waals surface area contributed by atoms with Crippen molar-refractivity contribution in [3.05, 3.63) is 65.9 Å². The lowest BCUT2D eigenvalue weighted by atomic mass is 9.98. The van der Waals surface area contributed by atoms with E-state index in [0.717, 1.165) is 5.52 Å². The van der Waals surface area contributed by atoms with E-state index in [1.54, 1.807) is 0 Å². The summed E-state index contributed by atoms with van der Waals surface area (Å²) in [5.41, 5.74) is 6.09. The second-order valence-corrected chi connectivity index (χ2v) is 4.68. The Hall–Kier alpha value is -2.15. The van der Waals surface area contributed by atoms with Crippen LogP contribution in [0.2, 0.25) is 0 Å². The largest absolute Gasteiger partial charge is 0.256 e. The molecule has 0 unspecified atom stereocenters. The molecule has 0 radical (unpaired) electrons. The van der Waals surface area contributed by atoms with Crippen molar-refractivity contribution in [1.82, 2.24) is 4.98 Å². The highest BCUT2D eigenvalue weighted by molar-refractivity contribution is 5.88. The van der Waals surface area contributed by atoms with Crippen molar-refractivity contribution < 1.29 is 0 Å². The molecule has 3 rings (SSSR count). The van der Waals surface area contributed by atoms with Crippen molar-refractivity contribution in [3.63, 3.8) is 0 Å². The fraction of sp³-hybridized carbons (Fsp3) is 0.118. The molecule has 0 aliphatic carbocycles. The molecule has 0 spiro atoms. The number of nitrogens with zero attached hydrogens (tertiary/aromatic N) is 1. The van der Waals surface area contributed by atoms with Crippen LogP contribution in [-0.2, 0) is 0 Å². The van der Waals surface area contributed by atoms with Gasteiger partial charge >= 0.3 is 0 Å². The normalized spacial score (nSPS) is 10.8. The molecule has 0 aliphatic heterocycles. The van der Waals surface area contributed by atoms with Crippen LogP contribution in [0, 0.1) is 13.8 Å². The summed E-state index contributed by atoms with van der Waals surface area (Å²) in [4.78, 5) is 4.56.